The van der Waals surface area contributed by atoms with Crippen LogP contribution in [0.3, 0.4) is 0 Å². The minimum absolute atomic E-state index is 0.182. The van der Waals surface area contributed by atoms with Crippen LogP contribution in [-0.2, 0) is 4.74 Å². The molecule has 0 aromatic carbocycles. The summed E-state index contributed by atoms with van der Waals surface area (Å²) in [5.74, 6) is 0. The van der Waals surface area contributed by atoms with Gasteiger partial charge in [0.25, 0.3) is 0 Å². The van der Waals surface area contributed by atoms with Crippen LogP contribution in [0.4, 0.5) is 0 Å². The van der Waals surface area contributed by atoms with Gasteiger partial charge in [-0.1, -0.05) is 6.92 Å². The van der Waals surface area contributed by atoms with Crippen molar-refractivity contribution < 1.29 is 9.84 Å². The maximum atomic E-state index is 9.47. The van der Waals surface area contributed by atoms with Gasteiger partial charge < -0.3 is 15.2 Å². The lowest BCUT2D eigenvalue weighted by Gasteiger charge is -2.33. The van der Waals surface area contributed by atoms with Crippen LogP contribution < -0.4 is 5.32 Å². The van der Waals surface area contributed by atoms with Crippen molar-refractivity contribution in [2.75, 3.05) is 39.9 Å². The van der Waals surface area contributed by atoms with Crippen molar-refractivity contribution in [1.29, 1.82) is 0 Å². The van der Waals surface area contributed by atoms with E-state index in [2.05, 4.69) is 24.1 Å². The third-order valence-electron chi connectivity index (χ3n) is 3.29. The Hall–Kier alpha value is -0.160. The van der Waals surface area contributed by atoms with Gasteiger partial charge in [0.2, 0.25) is 0 Å². The van der Waals surface area contributed by atoms with E-state index in [1.807, 2.05) is 0 Å². The van der Waals surface area contributed by atoms with Gasteiger partial charge in [-0.05, 0) is 26.3 Å². The molecule has 0 bridgehead atoms. The Morgan fingerprint density at radius 3 is 2.81 bits per heavy atom. The third kappa shape index (κ3) is 4.01. The van der Waals surface area contributed by atoms with Crippen molar-refractivity contribution >= 4 is 0 Å². The molecular weight excluding hydrogens is 204 g/mol. The minimum Gasteiger partial charge on any atom is -0.394 e. The van der Waals surface area contributed by atoms with Crippen molar-refractivity contribution in [3.8, 4) is 0 Å². The Labute approximate surface area is 99.0 Å². The van der Waals surface area contributed by atoms with Crippen LogP contribution in [0.15, 0.2) is 0 Å². The van der Waals surface area contributed by atoms with Crippen LogP contribution in [0.2, 0.25) is 0 Å². The first-order valence-corrected chi connectivity index (χ1v) is 6.24. The largest absolute Gasteiger partial charge is 0.394 e. The highest BCUT2D eigenvalue weighted by atomic mass is 16.5. The summed E-state index contributed by atoms with van der Waals surface area (Å²) in [5, 5.41) is 12.9. The number of hydrogen-bond acceptors (Lipinski definition) is 4. The Bertz CT molecular complexity index is 201. The van der Waals surface area contributed by atoms with E-state index in [0.717, 1.165) is 39.0 Å². The summed E-state index contributed by atoms with van der Waals surface area (Å²) < 4.78 is 5.35. The summed E-state index contributed by atoms with van der Waals surface area (Å²) in [6.07, 6.45) is 2.57. The van der Waals surface area contributed by atoms with Gasteiger partial charge in [-0.2, -0.15) is 0 Å². The lowest BCUT2D eigenvalue weighted by molar-refractivity contribution is 0.0929. The molecule has 0 aromatic rings. The number of nitrogens with one attached hydrogen (secondary N) is 1. The predicted octanol–water partition coefficient (Wildman–Crippen LogP) is 0.458. The summed E-state index contributed by atoms with van der Waals surface area (Å²) in [4.78, 5) is 2.37. The van der Waals surface area contributed by atoms with Crippen molar-refractivity contribution in [2.45, 2.75) is 38.3 Å². The zero-order chi connectivity index (χ0) is 12.0. The maximum absolute atomic E-state index is 9.47. The van der Waals surface area contributed by atoms with Gasteiger partial charge in [-0.25, -0.2) is 0 Å². The molecule has 2 unspecified atom stereocenters. The van der Waals surface area contributed by atoms with Crippen LogP contribution in [0.5, 0.6) is 0 Å². The first-order valence-electron chi connectivity index (χ1n) is 6.24. The summed E-state index contributed by atoms with van der Waals surface area (Å²) >= 11 is 0. The van der Waals surface area contributed by atoms with Gasteiger partial charge in [-0.3, -0.25) is 4.90 Å². The van der Waals surface area contributed by atoms with E-state index in [9.17, 15) is 5.11 Å². The highest BCUT2D eigenvalue weighted by molar-refractivity contribution is 4.89. The van der Waals surface area contributed by atoms with E-state index in [1.165, 1.54) is 0 Å². The molecule has 0 aliphatic carbocycles. The lowest BCUT2D eigenvalue weighted by atomic mass is 10.0. The monoisotopic (exact) mass is 230 g/mol. The van der Waals surface area contributed by atoms with Crippen molar-refractivity contribution in [3.63, 3.8) is 0 Å². The second-order valence-electron chi connectivity index (χ2n) is 5.03. The van der Waals surface area contributed by atoms with E-state index in [0.29, 0.717) is 6.10 Å². The van der Waals surface area contributed by atoms with Crippen LogP contribution in [0.1, 0.15) is 26.7 Å². The number of hydrogen-bond donors (Lipinski definition) is 2. The fraction of sp³-hybridized carbons (Fsp3) is 1.00. The zero-order valence-electron chi connectivity index (χ0n) is 10.8. The molecule has 1 aliphatic heterocycles. The second-order valence-corrected chi connectivity index (χ2v) is 5.03. The molecule has 4 nitrogen and oxygen atoms in total. The Morgan fingerprint density at radius 2 is 2.31 bits per heavy atom. The zero-order valence-corrected chi connectivity index (χ0v) is 10.8. The molecule has 0 radical (unpaired) electrons. The van der Waals surface area contributed by atoms with Crippen LogP contribution in [0, 0.1) is 0 Å². The minimum atomic E-state index is -0.182. The van der Waals surface area contributed by atoms with E-state index >= 15 is 0 Å². The smallest absolute Gasteiger partial charge is 0.0710 e. The Kier molecular flexibility index (Phi) is 5.69. The van der Waals surface area contributed by atoms with E-state index in [-0.39, 0.29) is 12.1 Å². The second kappa shape index (κ2) is 6.55. The van der Waals surface area contributed by atoms with Crippen LogP contribution >= 0.6 is 0 Å². The molecule has 0 amide bonds. The highest BCUT2D eigenvalue weighted by Crippen LogP contribution is 2.15. The highest BCUT2D eigenvalue weighted by Gasteiger charge is 2.30. The summed E-state index contributed by atoms with van der Waals surface area (Å²) in [7, 11) is 1.77. The van der Waals surface area contributed by atoms with E-state index in [1.54, 1.807) is 7.11 Å². The fourth-order valence-electron chi connectivity index (χ4n) is 2.22. The van der Waals surface area contributed by atoms with Crippen molar-refractivity contribution in [2.24, 2.45) is 0 Å². The molecule has 1 fully saturated rings. The molecule has 16 heavy (non-hydrogen) atoms. The van der Waals surface area contributed by atoms with Crippen LogP contribution in [0.25, 0.3) is 0 Å². The van der Waals surface area contributed by atoms with Gasteiger partial charge in [0.15, 0.2) is 0 Å². The van der Waals surface area contributed by atoms with Gasteiger partial charge in [-0.15, -0.1) is 0 Å². The molecule has 1 aliphatic rings. The first kappa shape index (κ1) is 13.9. The van der Waals surface area contributed by atoms with E-state index < -0.39 is 0 Å². The summed E-state index contributed by atoms with van der Waals surface area (Å²) in [6, 6.07) is 0. The normalized spacial score (nSPS) is 25.9. The average molecular weight is 230 g/mol. The molecule has 1 saturated heterocycles. The molecule has 4 heteroatoms. The molecule has 2 atom stereocenters. The number of nitrogens with zero attached hydrogens (tertiary/aromatic N) is 1. The fourth-order valence-corrected chi connectivity index (χ4v) is 2.22. The number of aliphatic hydroxyl groups is 1. The molecule has 1 heterocycles. The number of likely N-dealkylation sites (tertiary alicyclic amines) is 1. The molecule has 0 aromatic heterocycles. The van der Waals surface area contributed by atoms with Gasteiger partial charge in [0.1, 0.15) is 0 Å². The quantitative estimate of drug-likeness (QED) is 0.667. The van der Waals surface area contributed by atoms with Gasteiger partial charge in [0, 0.05) is 26.7 Å². The van der Waals surface area contributed by atoms with Gasteiger partial charge in [0.05, 0.1) is 18.2 Å². The number of rotatable bonds is 7. The topological polar surface area (TPSA) is 44.7 Å². The average Bonchev–Trinajstić information content (AvgIpc) is 2.74. The summed E-state index contributed by atoms with van der Waals surface area (Å²) in [5.41, 5.74) is -0.182. The predicted molar refractivity (Wildman–Crippen MR) is 65.6 cm³/mol. The molecular formula is C12H26N2O2. The van der Waals surface area contributed by atoms with Crippen molar-refractivity contribution in [3.05, 3.63) is 0 Å². The van der Waals surface area contributed by atoms with Crippen LogP contribution in [-0.4, -0.2) is 61.5 Å². The number of methoxy groups -OCH3 is 1. The Morgan fingerprint density at radius 1 is 1.56 bits per heavy atom. The standard InChI is InChI=1S/C12H26N2O2/c1-4-6-13-12(2,10-15)9-14-7-5-11(8-14)16-3/h11,13,15H,4-10H2,1-3H3. The first-order chi connectivity index (χ1) is 7.63. The molecule has 0 spiro atoms. The molecule has 1 rings (SSSR count). The molecule has 2 N–H and O–H groups in total. The molecule has 96 valence electrons. The molecule has 0 saturated carbocycles. The maximum Gasteiger partial charge on any atom is 0.0710 e. The SMILES string of the molecule is CCCNC(C)(CO)CN1CCC(OC)C1. The number of ether oxygens (including phenoxy) is 1. The van der Waals surface area contributed by atoms with Gasteiger partial charge >= 0.3 is 0 Å². The lowest BCUT2D eigenvalue weighted by Crippen LogP contribution is -2.54. The number of aliphatic hydroxyl groups excluding tert-OH is 1. The van der Waals surface area contributed by atoms with E-state index in [4.69, 9.17) is 4.74 Å². The summed E-state index contributed by atoms with van der Waals surface area (Å²) in [6.45, 7) is 8.31. The third-order valence-corrected chi connectivity index (χ3v) is 3.29. The Balaban J connectivity index is 2.37. The van der Waals surface area contributed by atoms with Crippen molar-refractivity contribution in [1.82, 2.24) is 10.2 Å².